The summed E-state index contributed by atoms with van der Waals surface area (Å²) >= 11 is 0. The molecule has 0 aliphatic carbocycles. The number of piperidine rings is 1. The van der Waals surface area contributed by atoms with E-state index in [9.17, 15) is 4.79 Å². The van der Waals surface area contributed by atoms with Crippen molar-refractivity contribution in [2.75, 3.05) is 33.7 Å². The molecule has 1 N–H and O–H groups in total. The first-order chi connectivity index (χ1) is 16.2. The second-order valence-corrected chi connectivity index (χ2v) is 10.6. The van der Waals surface area contributed by atoms with Gasteiger partial charge in [0.15, 0.2) is 0 Å². The number of aromatic amines is 1. The average molecular weight is 461 g/mol. The van der Waals surface area contributed by atoms with E-state index in [1.54, 1.807) is 0 Å². The van der Waals surface area contributed by atoms with Gasteiger partial charge in [-0.25, -0.2) is 0 Å². The molecule has 1 aliphatic rings. The Kier molecular flexibility index (Phi) is 7.42. The maximum atomic E-state index is 12.6. The number of hydrogen-bond donors (Lipinski definition) is 1. The number of carbonyl (C=O) groups excluding carboxylic acids is 1. The predicted octanol–water partition coefficient (Wildman–Crippen LogP) is 6.02. The monoisotopic (exact) mass is 460 g/mol. The minimum absolute atomic E-state index is 0.316. The fourth-order valence-electron chi connectivity index (χ4n) is 5.46. The van der Waals surface area contributed by atoms with Crippen molar-refractivity contribution in [2.24, 2.45) is 0 Å². The molecule has 5 nitrogen and oxygen atoms in total. The first-order valence-corrected chi connectivity index (χ1v) is 12.8. The molecule has 4 rings (SSSR count). The Bertz CT molecular complexity index is 1130. The SMILES string of the molecule is Cc1cc(-c2[nH]c3ccc(C4CCN(C(=O)CCCN(C)C)CC4)cc3c2C(C)C)cc(C)n1. The number of nitrogens with zero attached hydrogens (tertiary/aromatic N) is 3. The zero-order valence-electron chi connectivity index (χ0n) is 21.7. The van der Waals surface area contributed by atoms with Crippen LogP contribution in [0.1, 0.15) is 73.9 Å². The minimum Gasteiger partial charge on any atom is -0.354 e. The molecule has 1 amide bonds. The van der Waals surface area contributed by atoms with Gasteiger partial charge in [0.2, 0.25) is 5.91 Å². The molecule has 2 aromatic heterocycles. The number of hydrogen-bond acceptors (Lipinski definition) is 3. The number of pyridine rings is 1. The number of carbonyl (C=O) groups is 1. The van der Waals surface area contributed by atoms with E-state index < -0.39 is 0 Å². The molecule has 0 spiro atoms. The van der Waals surface area contributed by atoms with Gasteiger partial charge in [0.25, 0.3) is 0 Å². The van der Waals surface area contributed by atoms with Gasteiger partial charge in [-0.1, -0.05) is 19.9 Å². The highest BCUT2D eigenvalue weighted by Crippen LogP contribution is 2.38. The van der Waals surface area contributed by atoms with Crippen LogP contribution in [-0.2, 0) is 4.79 Å². The first kappa shape index (κ1) is 24.5. The van der Waals surface area contributed by atoms with Crippen molar-refractivity contribution in [1.82, 2.24) is 19.8 Å². The third-order valence-electron chi connectivity index (χ3n) is 7.13. The first-order valence-electron chi connectivity index (χ1n) is 12.8. The summed E-state index contributed by atoms with van der Waals surface area (Å²) in [4.78, 5) is 25.1. The molecule has 0 unspecified atom stereocenters. The second kappa shape index (κ2) is 10.3. The fraction of sp³-hybridized carbons (Fsp3) is 0.517. The molecule has 1 aliphatic heterocycles. The number of nitrogens with one attached hydrogen (secondary N) is 1. The predicted molar refractivity (Wildman–Crippen MR) is 141 cm³/mol. The summed E-state index contributed by atoms with van der Waals surface area (Å²) in [5.74, 6) is 1.24. The van der Waals surface area contributed by atoms with Crippen LogP contribution in [0, 0.1) is 13.8 Å². The van der Waals surface area contributed by atoms with Gasteiger partial charge in [-0.15, -0.1) is 0 Å². The van der Waals surface area contributed by atoms with Crippen LogP contribution in [0.4, 0.5) is 0 Å². The summed E-state index contributed by atoms with van der Waals surface area (Å²) in [6.45, 7) is 11.4. The van der Waals surface area contributed by atoms with Gasteiger partial charge in [0.1, 0.15) is 0 Å². The van der Waals surface area contributed by atoms with Crippen LogP contribution in [0.5, 0.6) is 0 Å². The Morgan fingerprint density at radius 2 is 1.79 bits per heavy atom. The van der Waals surface area contributed by atoms with Gasteiger partial charge in [-0.2, -0.15) is 0 Å². The number of aromatic nitrogens is 2. The fourth-order valence-corrected chi connectivity index (χ4v) is 5.46. The van der Waals surface area contributed by atoms with Crippen LogP contribution in [0.2, 0.25) is 0 Å². The number of benzene rings is 1. The molecular weight excluding hydrogens is 420 g/mol. The molecule has 0 atom stereocenters. The molecule has 5 heteroatoms. The highest BCUT2D eigenvalue weighted by atomic mass is 16.2. The normalized spacial score (nSPS) is 15.1. The Balaban J connectivity index is 1.54. The number of aryl methyl sites for hydroxylation is 2. The van der Waals surface area contributed by atoms with Gasteiger partial charge >= 0.3 is 0 Å². The third-order valence-corrected chi connectivity index (χ3v) is 7.13. The van der Waals surface area contributed by atoms with Gasteiger partial charge in [0.05, 0.1) is 5.69 Å². The van der Waals surface area contributed by atoms with Crippen molar-refractivity contribution in [3.63, 3.8) is 0 Å². The van der Waals surface area contributed by atoms with E-state index >= 15 is 0 Å². The van der Waals surface area contributed by atoms with E-state index in [0.29, 0.717) is 24.2 Å². The van der Waals surface area contributed by atoms with Crippen LogP contribution < -0.4 is 0 Å². The Labute approximate surface area is 204 Å². The molecule has 1 fully saturated rings. The smallest absolute Gasteiger partial charge is 0.222 e. The van der Waals surface area contributed by atoms with Gasteiger partial charge < -0.3 is 14.8 Å². The summed E-state index contributed by atoms with van der Waals surface area (Å²) in [7, 11) is 4.12. The lowest BCUT2D eigenvalue weighted by Crippen LogP contribution is -2.38. The average Bonchev–Trinajstić information content (AvgIpc) is 3.17. The lowest BCUT2D eigenvalue weighted by molar-refractivity contribution is -0.132. The number of amides is 1. The van der Waals surface area contributed by atoms with Crippen LogP contribution in [0.3, 0.4) is 0 Å². The number of likely N-dealkylation sites (tertiary alicyclic amines) is 1. The zero-order valence-corrected chi connectivity index (χ0v) is 21.7. The molecule has 34 heavy (non-hydrogen) atoms. The van der Waals surface area contributed by atoms with Crippen molar-refractivity contribution in [3.05, 3.63) is 52.8 Å². The molecular formula is C29H40N4O. The van der Waals surface area contributed by atoms with Crippen molar-refractivity contribution < 1.29 is 4.79 Å². The number of H-pyrrole nitrogens is 1. The number of rotatable bonds is 7. The zero-order chi connectivity index (χ0) is 24.4. The quantitative estimate of drug-likeness (QED) is 0.469. The van der Waals surface area contributed by atoms with Gasteiger partial charge in [-0.3, -0.25) is 9.78 Å². The Morgan fingerprint density at radius 3 is 2.41 bits per heavy atom. The van der Waals surface area contributed by atoms with E-state index in [-0.39, 0.29) is 0 Å². The summed E-state index contributed by atoms with van der Waals surface area (Å²) in [5.41, 5.74) is 8.51. The van der Waals surface area contributed by atoms with E-state index in [1.807, 2.05) is 0 Å². The highest BCUT2D eigenvalue weighted by molar-refractivity contribution is 5.92. The van der Waals surface area contributed by atoms with Crippen molar-refractivity contribution >= 4 is 16.8 Å². The van der Waals surface area contributed by atoms with E-state index in [4.69, 9.17) is 0 Å². The minimum atomic E-state index is 0.316. The third kappa shape index (κ3) is 5.35. The maximum Gasteiger partial charge on any atom is 0.222 e. The van der Waals surface area contributed by atoms with Crippen LogP contribution in [0.15, 0.2) is 30.3 Å². The summed E-state index contributed by atoms with van der Waals surface area (Å²) in [6, 6.07) is 11.3. The molecule has 1 saturated heterocycles. The Morgan fingerprint density at radius 1 is 1.12 bits per heavy atom. The lowest BCUT2D eigenvalue weighted by atomic mass is 9.87. The number of fused-ring (bicyclic) bond motifs is 1. The maximum absolute atomic E-state index is 12.6. The van der Waals surface area contributed by atoms with Crippen molar-refractivity contribution in [1.29, 1.82) is 0 Å². The molecule has 0 bridgehead atoms. The van der Waals surface area contributed by atoms with Gasteiger partial charge in [-0.05, 0) is 101 Å². The largest absolute Gasteiger partial charge is 0.354 e. The van der Waals surface area contributed by atoms with E-state index in [1.165, 1.54) is 33.3 Å². The molecule has 1 aromatic carbocycles. The standard InChI is InChI=1S/C29H40N4O/c1-19(2)28-25-18-23(22-11-14-33(15-12-22)27(34)8-7-13-32(5)6)9-10-26(25)31-29(28)24-16-20(3)30-21(4)17-24/h9-10,16-19,22,31H,7-8,11-15H2,1-6H3. The molecule has 3 aromatic rings. The van der Waals surface area contributed by atoms with Crippen LogP contribution in [0.25, 0.3) is 22.2 Å². The topological polar surface area (TPSA) is 52.2 Å². The van der Waals surface area contributed by atoms with Crippen molar-refractivity contribution in [2.45, 2.75) is 65.2 Å². The molecule has 182 valence electrons. The van der Waals surface area contributed by atoms with E-state index in [2.05, 4.69) is 91.9 Å². The summed E-state index contributed by atoms with van der Waals surface area (Å²) in [6.07, 6.45) is 3.68. The summed E-state index contributed by atoms with van der Waals surface area (Å²) < 4.78 is 0. The summed E-state index contributed by atoms with van der Waals surface area (Å²) in [5, 5.41) is 1.33. The van der Waals surface area contributed by atoms with Crippen LogP contribution in [-0.4, -0.2) is 59.4 Å². The second-order valence-electron chi connectivity index (χ2n) is 10.6. The highest BCUT2D eigenvalue weighted by Gasteiger charge is 2.25. The molecule has 3 heterocycles. The van der Waals surface area contributed by atoms with Gasteiger partial charge in [0, 0.05) is 47.4 Å². The van der Waals surface area contributed by atoms with Crippen LogP contribution >= 0.6 is 0 Å². The molecule has 0 saturated carbocycles. The lowest BCUT2D eigenvalue weighted by Gasteiger charge is -2.32. The Hall–Kier alpha value is -2.66. The van der Waals surface area contributed by atoms with E-state index in [0.717, 1.165) is 50.3 Å². The van der Waals surface area contributed by atoms with Crippen molar-refractivity contribution in [3.8, 4) is 11.3 Å². The molecule has 0 radical (unpaired) electrons.